The van der Waals surface area contributed by atoms with Crippen LogP contribution >= 0.6 is 0 Å². The Balaban J connectivity index is 2.54. The van der Waals surface area contributed by atoms with Crippen LogP contribution in [0.2, 0.25) is 0 Å². The van der Waals surface area contributed by atoms with Crippen LogP contribution in [0, 0.1) is 0 Å². The van der Waals surface area contributed by atoms with Gasteiger partial charge in [0.1, 0.15) is 5.41 Å². The summed E-state index contributed by atoms with van der Waals surface area (Å²) in [6, 6.07) is 7.44. The minimum Gasteiger partial charge on any atom is -0.480 e. The van der Waals surface area contributed by atoms with Crippen molar-refractivity contribution >= 4 is 17.9 Å². The van der Waals surface area contributed by atoms with Crippen LogP contribution in [0.5, 0.6) is 0 Å². The van der Waals surface area contributed by atoms with E-state index >= 15 is 0 Å². The zero-order valence-electron chi connectivity index (χ0n) is 8.60. The first-order chi connectivity index (χ1) is 7.20. The van der Waals surface area contributed by atoms with Crippen molar-refractivity contribution in [2.75, 3.05) is 0 Å². The van der Waals surface area contributed by atoms with Crippen LogP contribution in [-0.4, -0.2) is 17.3 Å². The lowest BCUT2D eigenvalue weighted by atomic mass is 9.79. The van der Waals surface area contributed by atoms with Crippen molar-refractivity contribution < 1.29 is 9.90 Å². The topological polar surface area (TPSA) is 49.7 Å². The van der Waals surface area contributed by atoms with E-state index in [1.54, 1.807) is 6.21 Å². The van der Waals surface area contributed by atoms with E-state index in [1.807, 2.05) is 31.2 Å². The van der Waals surface area contributed by atoms with E-state index in [-0.39, 0.29) is 0 Å². The van der Waals surface area contributed by atoms with Gasteiger partial charge in [0.25, 0.3) is 0 Å². The lowest BCUT2D eigenvalue weighted by Gasteiger charge is -2.21. The molecular weight excluding hydrogens is 190 g/mol. The number of carboxylic acid groups (broad SMARTS) is 1. The molecule has 0 aromatic heterocycles. The number of carbonyl (C=O) groups is 1. The Hall–Kier alpha value is -1.64. The number of hydrogen-bond acceptors (Lipinski definition) is 2. The predicted molar refractivity (Wildman–Crippen MR) is 58.8 cm³/mol. The maximum absolute atomic E-state index is 11.4. The highest BCUT2D eigenvalue weighted by atomic mass is 16.4. The molecule has 3 heteroatoms. The van der Waals surface area contributed by atoms with Crippen molar-refractivity contribution in [3.8, 4) is 0 Å². The van der Waals surface area contributed by atoms with Gasteiger partial charge in [-0.15, -0.1) is 0 Å². The number of para-hydroxylation sites is 1. The summed E-state index contributed by atoms with van der Waals surface area (Å²) in [6.07, 6.45) is 3.00. The molecule has 0 aliphatic carbocycles. The monoisotopic (exact) mass is 203 g/mol. The molecule has 1 unspecified atom stereocenters. The van der Waals surface area contributed by atoms with Gasteiger partial charge in [-0.1, -0.05) is 31.5 Å². The molecule has 0 radical (unpaired) electrons. The molecule has 1 heterocycles. The lowest BCUT2D eigenvalue weighted by Crippen LogP contribution is -2.35. The number of aliphatic imine (C=N–C) groups is 1. The first-order valence-corrected chi connectivity index (χ1v) is 5.09. The average Bonchev–Trinajstić information content (AvgIpc) is 2.60. The highest BCUT2D eigenvalue weighted by molar-refractivity contribution is 6.05. The second-order valence-corrected chi connectivity index (χ2v) is 3.80. The number of nitrogens with zero attached hydrogens (tertiary/aromatic N) is 1. The van der Waals surface area contributed by atoms with E-state index in [1.165, 1.54) is 0 Å². The summed E-state index contributed by atoms with van der Waals surface area (Å²) in [4.78, 5) is 15.6. The van der Waals surface area contributed by atoms with E-state index in [9.17, 15) is 9.90 Å². The molecule has 1 aromatic carbocycles. The molecule has 78 valence electrons. The standard InChI is InChI=1S/C12H13NO2/c1-2-7-12(11(14)15)8-13-10-6-4-3-5-9(10)12/h3-6,8H,2,7H2,1H3,(H,14,15). The van der Waals surface area contributed by atoms with Gasteiger partial charge in [-0.3, -0.25) is 9.79 Å². The fourth-order valence-corrected chi connectivity index (χ4v) is 2.08. The fourth-order valence-electron chi connectivity index (χ4n) is 2.08. The van der Waals surface area contributed by atoms with Crippen LogP contribution in [0.1, 0.15) is 25.3 Å². The Labute approximate surface area is 88.5 Å². The highest BCUT2D eigenvalue weighted by Crippen LogP contribution is 2.39. The normalized spacial score (nSPS) is 22.7. The van der Waals surface area contributed by atoms with Crippen molar-refractivity contribution in [1.29, 1.82) is 0 Å². The Bertz CT molecular complexity index is 425. The van der Waals surface area contributed by atoms with Gasteiger partial charge >= 0.3 is 5.97 Å². The van der Waals surface area contributed by atoms with Crippen LogP contribution in [0.15, 0.2) is 29.3 Å². The third-order valence-corrected chi connectivity index (χ3v) is 2.83. The quantitative estimate of drug-likeness (QED) is 0.820. The number of carboxylic acids is 1. The summed E-state index contributed by atoms with van der Waals surface area (Å²) < 4.78 is 0. The zero-order valence-corrected chi connectivity index (χ0v) is 8.60. The van der Waals surface area contributed by atoms with Crippen LogP contribution in [0.3, 0.4) is 0 Å². The number of aliphatic carboxylic acids is 1. The molecule has 1 aliphatic rings. The molecule has 0 amide bonds. The molecule has 0 saturated heterocycles. The van der Waals surface area contributed by atoms with Crippen molar-refractivity contribution in [2.45, 2.75) is 25.2 Å². The van der Waals surface area contributed by atoms with Crippen molar-refractivity contribution in [1.82, 2.24) is 0 Å². The molecule has 15 heavy (non-hydrogen) atoms. The maximum atomic E-state index is 11.4. The molecule has 1 aliphatic heterocycles. The summed E-state index contributed by atoms with van der Waals surface area (Å²) in [5.74, 6) is -0.807. The molecular formula is C12H13NO2. The van der Waals surface area contributed by atoms with Gasteiger partial charge in [0.15, 0.2) is 0 Å². The van der Waals surface area contributed by atoms with Crippen molar-refractivity contribution in [3.63, 3.8) is 0 Å². The number of benzene rings is 1. The molecule has 0 saturated carbocycles. The highest BCUT2D eigenvalue weighted by Gasteiger charge is 2.42. The van der Waals surface area contributed by atoms with Crippen molar-refractivity contribution in [3.05, 3.63) is 29.8 Å². The average molecular weight is 203 g/mol. The van der Waals surface area contributed by atoms with E-state index in [0.717, 1.165) is 17.7 Å². The third-order valence-electron chi connectivity index (χ3n) is 2.83. The number of rotatable bonds is 3. The van der Waals surface area contributed by atoms with Crippen LogP contribution in [0.4, 0.5) is 5.69 Å². The third kappa shape index (κ3) is 1.35. The van der Waals surface area contributed by atoms with Gasteiger partial charge < -0.3 is 5.11 Å². The van der Waals surface area contributed by atoms with Gasteiger partial charge in [-0.2, -0.15) is 0 Å². The summed E-state index contributed by atoms with van der Waals surface area (Å²) in [6.45, 7) is 1.99. The molecule has 0 spiro atoms. The maximum Gasteiger partial charge on any atom is 0.319 e. The van der Waals surface area contributed by atoms with Gasteiger partial charge in [-0.25, -0.2) is 0 Å². The van der Waals surface area contributed by atoms with Gasteiger partial charge in [0.05, 0.1) is 5.69 Å². The number of fused-ring (bicyclic) bond motifs is 1. The molecule has 2 rings (SSSR count). The van der Waals surface area contributed by atoms with Gasteiger partial charge in [0, 0.05) is 11.8 Å². The van der Waals surface area contributed by atoms with E-state index < -0.39 is 11.4 Å². The minimum atomic E-state index is -0.897. The summed E-state index contributed by atoms with van der Waals surface area (Å²) in [5.41, 5.74) is 0.707. The molecule has 1 atom stereocenters. The first kappa shape index (κ1) is 9.90. The van der Waals surface area contributed by atoms with Gasteiger partial charge in [0.2, 0.25) is 0 Å². The Kier molecular flexibility index (Phi) is 2.31. The Morgan fingerprint density at radius 3 is 2.87 bits per heavy atom. The summed E-state index contributed by atoms with van der Waals surface area (Å²) in [7, 11) is 0. The minimum absolute atomic E-state index is 0.600. The Morgan fingerprint density at radius 2 is 2.20 bits per heavy atom. The molecule has 3 nitrogen and oxygen atoms in total. The first-order valence-electron chi connectivity index (χ1n) is 5.09. The molecule has 0 bridgehead atoms. The Morgan fingerprint density at radius 1 is 1.47 bits per heavy atom. The SMILES string of the molecule is CCCC1(C(=O)O)C=Nc2ccccc21. The second kappa shape index (κ2) is 3.50. The smallest absolute Gasteiger partial charge is 0.319 e. The van der Waals surface area contributed by atoms with E-state index in [2.05, 4.69) is 4.99 Å². The zero-order chi connectivity index (χ0) is 10.9. The van der Waals surface area contributed by atoms with E-state index in [0.29, 0.717) is 6.42 Å². The number of hydrogen-bond donors (Lipinski definition) is 1. The van der Waals surface area contributed by atoms with E-state index in [4.69, 9.17) is 0 Å². The van der Waals surface area contributed by atoms with Crippen LogP contribution < -0.4 is 0 Å². The van der Waals surface area contributed by atoms with Crippen LogP contribution in [-0.2, 0) is 10.2 Å². The summed E-state index contributed by atoms with van der Waals surface area (Å²) >= 11 is 0. The van der Waals surface area contributed by atoms with Crippen molar-refractivity contribution in [2.24, 2.45) is 4.99 Å². The van der Waals surface area contributed by atoms with Gasteiger partial charge in [-0.05, 0) is 12.5 Å². The largest absolute Gasteiger partial charge is 0.480 e. The van der Waals surface area contributed by atoms with Crippen LogP contribution in [0.25, 0.3) is 0 Å². The fraction of sp³-hybridized carbons (Fsp3) is 0.333. The molecule has 0 fully saturated rings. The molecule has 1 aromatic rings. The summed E-state index contributed by atoms with van der Waals surface area (Å²) in [5, 5.41) is 9.35. The second-order valence-electron chi connectivity index (χ2n) is 3.80. The molecule has 1 N–H and O–H groups in total. The lowest BCUT2D eigenvalue weighted by molar-refractivity contribution is -0.141. The predicted octanol–water partition coefficient (Wildman–Crippen LogP) is 2.53.